The zero-order valence-corrected chi connectivity index (χ0v) is 12.1. The minimum Gasteiger partial charge on any atom is -0.388 e. The van der Waals surface area contributed by atoms with E-state index in [1.807, 2.05) is 20.8 Å². The fraction of sp³-hybridized carbons (Fsp3) is 0.500. The number of rotatable bonds is 1. The average Bonchev–Trinajstić information content (AvgIpc) is 2.13. The number of hydrogen-bond acceptors (Lipinski definition) is 1. The Morgan fingerprint density at radius 1 is 1.44 bits per heavy atom. The van der Waals surface area contributed by atoms with Crippen molar-refractivity contribution in [3.8, 4) is 0 Å². The topological polar surface area (TPSA) is 20.2 Å². The lowest BCUT2D eigenvalue weighted by atomic mass is 9.84. The SMILES string of the molecule is Cc1cc(F)c(C(O)C(C)(C)C)c(Br)c1Cl. The molecule has 1 rings (SSSR count). The van der Waals surface area contributed by atoms with Gasteiger partial charge in [-0.2, -0.15) is 0 Å². The number of halogens is 3. The van der Waals surface area contributed by atoms with Gasteiger partial charge in [0.15, 0.2) is 0 Å². The summed E-state index contributed by atoms with van der Waals surface area (Å²) >= 11 is 9.27. The van der Waals surface area contributed by atoms with Gasteiger partial charge in [-0.15, -0.1) is 0 Å². The van der Waals surface area contributed by atoms with Crippen LogP contribution in [0, 0.1) is 18.2 Å². The van der Waals surface area contributed by atoms with E-state index in [4.69, 9.17) is 11.6 Å². The molecule has 0 bridgehead atoms. The van der Waals surface area contributed by atoms with Gasteiger partial charge in [-0.3, -0.25) is 0 Å². The second-order valence-electron chi connectivity index (χ2n) is 4.99. The molecule has 1 aromatic carbocycles. The Labute approximate surface area is 109 Å². The van der Waals surface area contributed by atoms with Gasteiger partial charge in [0.05, 0.1) is 11.1 Å². The minimum atomic E-state index is -0.903. The standard InChI is InChI=1S/C12H15BrClFO/c1-6-5-7(15)8(9(13)10(6)14)11(16)12(2,3)4/h5,11,16H,1-4H3. The third-order valence-electron chi connectivity index (χ3n) is 2.47. The molecule has 1 unspecified atom stereocenters. The Kier molecular flexibility index (Phi) is 4.04. The van der Waals surface area contributed by atoms with E-state index in [1.165, 1.54) is 6.07 Å². The monoisotopic (exact) mass is 308 g/mol. The molecule has 1 N–H and O–H groups in total. The average molecular weight is 310 g/mol. The van der Waals surface area contributed by atoms with Crippen molar-refractivity contribution < 1.29 is 9.50 Å². The Morgan fingerprint density at radius 3 is 2.38 bits per heavy atom. The molecule has 0 spiro atoms. The van der Waals surface area contributed by atoms with E-state index >= 15 is 0 Å². The predicted molar refractivity (Wildman–Crippen MR) is 68.3 cm³/mol. The van der Waals surface area contributed by atoms with E-state index in [2.05, 4.69) is 15.9 Å². The molecule has 16 heavy (non-hydrogen) atoms. The van der Waals surface area contributed by atoms with E-state index in [0.29, 0.717) is 15.1 Å². The van der Waals surface area contributed by atoms with Crippen LogP contribution in [0.15, 0.2) is 10.5 Å². The Bertz CT molecular complexity index is 412. The van der Waals surface area contributed by atoms with Crippen LogP contribution in [-0.2, 0) is 0 Å². The number of aryl methyl sites for hydroxylation is 1. The Hall–Kier alpha value is -0.120. The molecule has 0 saturated heterocycles. The third-order valence-corrected chi connectivity index (χ3v) is 4.01. The molecule has 0 aliphatic heterocycles. The highest BCUT2D eigenvalue weighted by molar-refractivity contribution is 9.10. The number of hydrogen-bond donors (Lipinski definition) is 1. The Morgan fingerprint density at radius 2 is 1.94 bits per heavy atom. The van der Waals surface area contributed by atoms with Crippen molar-refractivity contribution in [2.24, 2.45) is 5.41 Å². The molecule has 0 heterocycles. The summed E-state index contributed by atoms with van der Waals surface area (Å²) in [5, 5.41) is 10.5. The van der Waals surface area contributed by atoms with Gasteiger partial charge in [-0.05, 0) is 39.9 Å². The molecule has 0 aromatic heterocycles. The van der Waals surface area contributed by atoms with Crippen LogP contribution >= 0.6 is 27.5 Å². The maximum Gasteiger partial charge on any atom is 0.130 e. The summed E-state index contributed by atoms with van der Waals surface area (Å²) in [6.45, 7) is 7.26. The fourth-order valence-corrected chi connectivity index (χ4v) is 2.29. The zero-order chi connectivity index (χ0) is 12.7. The molecule has 90 valence electrons. The van der Waals surface area contributed by atoms with Crippen molar-refractivity contribution in [1.82, 2.24) is 0 Å². The van der Waals surface area contributed by atoms with Crippen molar-refractivity contribution in [3.05, 3.63) is 32.5 Å². The summed E-state index contributed by atoms with van der Waals surface area (Å²) in [5.74, 6) is -0.434. The maximum absolute atomic E-state index is 13.8. The van der Waals surface area contributed by atoms with Gasteiger partial charge in [0, 0.05) is 10.0 Å². The smallest absolute Gasteiger partial charge is 0.130 e. The summed E-state index contributed by atoms with van der Waals surface area (Å²) in [6, 6.07) is 1.34. The first kappa shape index (κ1) is 13.9. The molecule has 0 amide bonds. The van der Waals surface area contributed by atoms with Gasteiger partial charge in [0.25, 0.3) is 0 Å². The molecule has 0 aliphatic rings. The van der Waals surface area contributed by atoms with Crippen molar-refractivity contribution in [3.63, 3.8) is 0 Å². The first-order valence-corrected chi connectivity index (χ1v) is 6.15. The summed E-state index contributed by atoms with van der Waals surface area (Å²) in [7, 11) is 0. The van der Waals surface area contributed by atoms with Gasteiger partial charge < -0.3 is 5.11 Å². The van der Waals surface area contributed by atoms with Crippen LogP contribution in [0.5, 0.6) is 0 Å². The maximum atomic E-state index is 13.8. The van der Waals surface area contributed by atoms with Crippen molar-refractivity contribution >= 4 is 27.5 Å². The van der Waals surface area contributed by atoms with Gasteiger partial charge >= 0.3 is 0 Å². The van der Waals surface area contributed by atoms with Gasteiger partial charge in [-0.1, -0.05) is 32.4 Å². The van der Waals surface area contributed by atoms with Crippen LogP contribution in [0.3, 0.4) is 0 Å². The van der Waals surface area contributed by atoms with E-state index in [9.17, 15) is 9.50 Å². The van der Waals surface area contributed by atoms with Crippen molar-refractivity contribution in [2.45, 2.75) is 33.8 Å². The minimum absolute atomic E-state index is 0.225. The van der Waals surface area contributed by atoms with E-state index in [0.717, 1.165) is 0 Å². The summed E-state index contributed by atoms with van der Waals surface area (Å²) in [6.07, 6.45) is -0.903. The molecule has 4 heteroatoms. The Balaban J connectivity index is 3.40. The second kappa shape index (κ2) is 4.63. The van der Waals surface area contributed by atoms with E-state index < -0.39 is 17.3 Å². The summed E-state index contributed by atoms with van der Waals surface area (Å²) in [5.41, 5.74) is 0.432. The third kappa shape index (κ3) is 2.58. The quantitative estimate of drug-likeness (QED) is 0.750. The second-order valence-corrected chi connectivity index (χ2v) is 6.16. The predicted octanol–water partition coefficient (Wildman–Crippen LogP) is 4.63. The van der Waals surface area contributed by atoms with Crippen molar-refractivity contribution in [2.75, 3.05) is 0 Å². The lowest BCUT2D eigenvalue weighted by Gasteiger charge is -2.27. The number of aliphatic hydroxyl groups excluding tert-OH is 1. The highest BCUT2D eigenvalue weighted by atomic mass is 79.9. The number of benzene rings is 1. The highest BCUT2D eigenvalue weighted by Crippen LogP contribution is 2.41. The molecule has 1 atom stereocenters. The molecule has 1 aromatic rings. The molecular formula is C12H15BrClFO. The molecule has 0 fully saturated rings. The van der Waals surface area contributed by atoms with Crippen LogP contribution in [-0.4, -0.2) is 5.11 Å². The molecule has 0 aliphatic carbocycles. The van der Waals surface area contributed by atoms with Crippen LogP contribution in [0.4, 0.5) is 4.39 Å². The van der Waals surface area contributed by atoms with E-state index in [1.54, 1.807) is 6.92 Å². The van der Waals surface area contributed by atoms with Crippen LogP contribution < -0.4 is 0 Å². The van der Waals surface area contributed by atoms with Gasteiger partial charge in [-0.25, -0.2) is 4.39 Å². The first-order valence-electron chi connectivity index (χ1n) is 4.98. The largest absolute Gasteiger partial charge is 0.388 e. The molecule has 1 nitrogen and oxygen atoms in total. The number of aliphatic hydroxyl groups is 1. The molecule has 0 radical (unpaired) electrons. The van der Waals surface area contributed by atoms with Crippen LogP contribution in [0.2, 0.25) is 5.02 Å². The lowest BCUT2D eigenvalue weighted by Crippen LogP contribution is -2.19. The summed E-state index contributed by atoms with van der Waals surface area (Å²) < 4.78 is 14.3. The normalized spacial score (nSPS) is 14.0. The van der Waals surface area contributed by atoms with Gasteiger partial charge in [0.2, 0.25) is 0 Å². The van der Waals surface area contributed by atoms with Crippen LogP contribution in [0.1, 0.15) is 38.0 Å². The lowest BCUT2D eigenvalue weighted by molar-refractivity contribution is 0.0588. The summed E-state index contributed by atoms with van der Waals surface area (Å²) in [4.78, 5) is 0. The first-order chi connectivity index (χ1) is 7.16. The molecule has 0 saturated carbocycles. The zero-order valence-electron chi connectivity index (χ0n) is 9.74. The fourth-order valence-electron chi connectivity index (χ4n) is 1.41. The van der Waals surface area contributed by atoms with Gasteiger partial charge in [0.1, 0.15) is 5.82 Å². The highest BCUT2D eigenvalue weighted by Gasteiger charge is 2.29. The van der Waals surface area contributed by atoms with Crippen LogP contribution in [0.25, 0.3) is 0 Å². The van der Waals surface area contributed by atoms with Crippen molar-refractivity contribution in [1.29, 1.82) is 0 Å². The molecular weight excluding hydrogens is 294 g/mol. The van der Waals surface area contributed by atoms with E-state index in [-0.39, 0.29) is 5.56 Å².